The second kappa shape index (κ2) is 8.29. The van der Waals surface area contributed by atoms with E-state index in [0.29, 0.717) is 31.9 Å². The summed E-state index contributed by atoms with van der Waals surface area (Å²) in [4.78, 5) is 20.0. The van der Waals surface area contributed by atoms with Gasteiger partial charge in [0.1, 0.15) is 5.82 Å². The minimum atomic E-state index is -4.62. The van der Waals surface area contributed by atoms with Gasteiger partial charge >= 0.3 is 6.18 Å². The van der Waals surface area contributed by atoms with E-state index < -0.39 is 18.3 Å². The second-order valence-corrected chi connectivity index (χ2v) is 7.52. The molecule has 11 heteroatoms. The predicted molar refractivity (Wildman–Crippen MR) is 109 cm³/mol. The average molecular weight is 451 g/mol. The highest BCUT2D eigenvalue weighted by molar-refractivity contribution is 5.83. The fourth-order valence-electron chi connectivity index (χ4n) is 3.85. The maximum Gasteiger partial charge on any atom is 0.417 e. The molecule has 1 aliphatic rings. The van der Waals surface area contributed by atoms with Crippen LogP contribution in [0.2, 0.25) is 0 Å². The molecule has 7 nitrogen and oxygen atoms in total. The van der Waals surface area contributed by atoms with E-state index in [1.807, 2.05) is 4.90 Å². The van der Waals surface area contributed by atoms with Crippen LogP contribution in [0.5, 0.6) is 5.88 Å². The Morgan fingerprint density at radius 1 is 1.16 bits per heavy atom. The number of carbonyl (C=O) groups excluding carboxylic acids is 1. The first-order valence-corrected chi connectivity index (χ1v) is 9.96. The van der Waals surface area contributed by atoms with Crippen LogP contribution in [-0.2, 0) is 18.0 Å². The molecule has 1 fully saturated rings. The van der Waals surface area contributed by atoms with Gasteiger partial charge in [-0.15, -0.1) is 0 Å². The van der Waals surface area contributed by atoms with E-state index in [2.05, 4.69) is 10.1 Å². The van der Waals surface area contributed by atoms with Crippen LogP contribution in [0.25, 0.3) is 11.0 Å². The SMILES string of the molecule is Cc1nn(C)c2nc(OCC(=O)N3CCN(c4ccccc4F)CC3)cc(C(F)(F)F)c12. The number of piperazine rings is 1. The predicted octanol–water partition coefficient (Wildman–Crippen LogP) is 3.16. The van der Waals surface area contributed by atoms with Gasteiger partial charge in [0.05, 0.1) is 22.3 Å². The topological polar surface area (TPSA) is 63.5 Å². The monoisotopic (exact) mass is 451 g/mol. The molecule has 0 atom stereocenters. The van der Waals surface area contributed by atoms with E-state index in [9.17, 15) is 22.4 Å². The lowest BCUT2D eigenvalue weighted by molar-refractivity contribution is -0.136. The van der Waals surface area contributed by atoms with Crippen LogP contribution in [0, 0.1) is 12.7 Å². The number of pyridine rings is 1. The molecule has 0 saturated carbocycles. The summed E-state index contributed by atoms with van der Waals surface area (Å²) in [7, 11) is 1.49. The third kappa shape index (κ3) is 4.19. The maximum absolute atomic E-state index is 14.0. The lowest BCUT2D eigenvalue weighted by Gasteiger charge is -2.36. The van der Waals surface area contributed by atoms with Crippen LogP contribution >= 0.6 is 0 Å². The van der Waals surface area contributed by atoms with Gasteiger partial charge in [-0.1, -0.05) is 12.1 Å². The zero-order chi connectivity index (χ0) is 23.0. The average Bonchev–Trinajstić information content (AvgIpc) is 3.05. The van der Waals surface area contributed by atoms with Gasteiger partial charge < -0.3 is 14.5 Å². The summed E-state index contributed by atoms with van der Waals surface area (Å²) in [6.45, 7) is 2.58. The molecule has 0 aliphatic carbocycles. The normalized spacial score (nSPS) is 14.8. The van der Waals surface area contributed by atoms with Crippen LogP contribution in [0.1, 0.15) is 11.3 Å². The Morgan fingerprint density at radius 2 is 1.84 bits per heavy atom. The second-order valence-electron chi connectivity index (χ2n) is 7.52. The summed E-state index contributed by atoms with van der Waals surface area (Å²) in [6, 6.07) is 7.20. The zero-order valence-electron chi connectivity index (χ0n) is 17.5. The molecular weight excluding hydrogens is 430 g/mol. The van der Waals surface area contributed by atoms with Gasteiger partial charge in [-0.3, -0.25) is 9.48 Å². The van der Waals surface area contributed by atoms with Crippen molar-refractivity contribution < 1.29 is 27.1 Å². The number of ether oxygens (including phenoxy) is 1. The van der Waals surface area contributed by atoms with E-state index in [0.717, 1.165) is 6.07 Å². The minimum absolute atomic E-state index is 0.0262. The van der Waals surface area contributed by atoms with Crippen molar-refractivity contribution >= 4 is 22.6 Å². The number of rotatable bonds is 4. The van der Waals surface area contributed by atoms with Crippen LogP contribution in [0.4, 0.5) is 23.2 Å². The Morgan fingerprint density at radius 3 is 2.50 bits per heavy atom. The fourth-order valence-corrected chi connectivity index (χ4v) is 3.85. The highest BCUT2D eigenvalue weighted by Gasteiger charge is 2.36. The highest BCUT2D eigenvalue weighted by atomic mass is 19.4. The molecule has 3 heterocycles. The molecule has 0 radical (unpaired) electrons. The van der Waals surface area contributed by atoms with Gasteiger partial charge in [0.25, 0.3) is 5.91 Å². The number of aromatic nitrogens is 3. The summed E-state index contributed by atoms with van der Waals surface area (Å²) in [5.41, 5.74) is -0.204. The Hall–Kier alpha value is -3.37. The van der Waals surface area contributed by atoms with Crippen LogP contribution in [0.15, 0.2) is 30.3 Å². The van der Waals surface area contributed by atoms with Gasteiger partial charge in [0, 0.05) is 39.3 Å². The first-order valence-electron chi connectivity index (χ1n) is 9.96. The molecular formula is C21H21F4N5O2. The number of carbonyl (C=O) groups is 1. The fraction of sp³-hybridized carbons (Fsp3) is 0.381. The summed E-state index contributed by atoms with van der Waals surface area (Å²) in [5, 5.41) is 3.91. The number of para-hydroxylation sites is 1. The van der Waals surface area contributed by atoms with Crippen LogP contribution in [0.3, 0.4) is 0 Å². The summed E-state index contributed by atoms with van der Waals surface area (Å²) < 4.78 is 61.2. The minimum Gasteiger partial charge on any atom is -0.467 e. The van der Waals surface area contributed by atoms with E-state index in [-0.39, 0.29) is 34.3 Å². The highest BCUT2D eigenvalue weighted by Crippen LogP contribution is 2.37. The first-order chi connectivity index (χ1) is 15.1. The summed E-state index contributed by atoms with van der Waals surface area (Å²) in [6.07, 6.45) is -4.62. The molecule has 4 rings (SSSR count). The summed E-state index contributed by atoms with van der Waals surface area (Å²) in [5.74, 6) is -1.01. The number of anilines is 1. The quantitative estimate of drug-likeness (QED) is 0.571. The number of alkyl halides is 3. The van der Waals surface area contributed by atoms with Crippen molar-refractivity contribution in [3.63, 3.8) is 0 Å². The number of benzene rings is 1. The number of amides is 1. The Labute approximate surface area is 181 Å². The van der Waals surface area contributed by atoms with E-state index in [4.69, 9.17) is 4.74 Å². The van der Waals surface area contributed by atoms with Crippen molar-refractivity contribution in [1.82, 2.24) is 19.7 Å². The van der Waals surface area contributed by atoms with Gasteiger partial charge in [-0.25, -0.2) is 4.39 Å². The largest absolute Gasteiger partial charge is 0.467 e. The number of nitrogens with zero attached hydrogens (tertiary/aromatic N) is 5. The molecule has 2 aromatic heterocycles. The van der Waals surface area contributed by atoms with E-state index in [1.54, 1.807) is 18.2 Å². The standard InChI is InChI=1S/C21H21F4N5O2/c1-13-19-14(21(23,24)25)11-17(26-20(19)28(2)27-13)32-12-18(31)30-9-7-29(8-10-30)16-6-4-3-5-15(16)22/h3-6,11H,7-10,12H2,1-2H3. The van der Waals surface area contributed by atoms with Crippen molar-refractivity contribution in [2.45, 2.75) is 13.1 Å². The molecule has 1 saturated heterocycles. The molecule has 170 valence electrons. The summed E-state index contributed by atoms with van der Waals surface area (Å²) >= 11 is 0. The van der Waals surface area contributed by atoms with Crippen molar-refractivity contribution in [3.8, 4) is 5.88 Å². The molecule has 0 unspecified atom stereocenters. The number of hydrogen-bond acceptors (Lipinski definition) is 5. The van der Waals surface area contributed by atoms with Crippen molar-refractivity contribution in [2.24, 2.45) is 7.05 Å². The maximum atomic E-state index is 14.0. The van der Waals surface area contributed by atoms with Crippen molar-refractivity contribution in [1.29, 1.82) is 0 Å². The molecule has 0 spiro atoms. The molecule has 32 heavy (non-hydrogen) atoms. The molecule has 0 bridgehead atoms. The number of halogens is 4. The first kappa shape index (κ1) is 21.8. The van der Waals surface area contributed by atoms with Crippen LogP contribution < -0.4 is 9.64 Å². The Kier molecular flexibility index (Phi) is 5.66. The van der Waals surface area contributed by atoms with Crippen molar-refractivity contribution in [3.05, 3.63) is 47.4 Å². The Bertz CT molecular complexity index is 1150. The number of fused-ring (bicyclic) bond motifs is 1. The van der Waals surface area contributed by atoms with E-state index >= 15 is 0 Å². The lowest BCUT2D eigenvalue weighted by atomic mass is 10.1. The zero-order valence-corrected chi connectivity index (χ0v) is 17.5. The molecule has 3 aromatic rings. The van der Waals surface area contributed by atoms with Gasteiger partial charge in [0.15, 0.2) is 12.3 Å². The molecule has 1 amide bonds. The van der Waals surface area contributed by atoms with Gasteiger partial charge in [-0.05, 0) is 19.1 Å². The van der Waals surface area contributed by atoms with Crippen molar-refractivity contribution in [2.75, 3.05) is 37.7 Å². The molecule has 1 aromatic carbocycles. The van der Waals surface area contributed by atoms with Gasteiger partial charge in [0.2, 0.25) is 5.88 Å². The van der Waals surface area contributed by atoms with Crippen LogP contribution in [-0.4, -0.2) is 58.4 Å². The van der Waals surface area contributed by atoms with Gasteiger partial charge in [-0.2, -0.15) is 23.3 Å². The Balaban J connectivity index is 1.43. The number of aryl methyl sites for hydroxylation is 2. The third-order valence-electron chi connectivity index (χ3n) is 5.42. The smallest absolute Gasteiger partial charge is 0.417 e. The molecule has 1 aliphatic heterocycles. The number of hydrogen-bond donors (Lipinski definition) is 0. The molecule has 0 N–H and O–H groups in total. The lowest BCUT2D eigenvalue weighted by Crippen LogP contribution is -2.50. The third-order valence-corrected chi connectivity index (χ3v) is 5.42. The van der Waals surface area contributed by atoms with E-state index in [1.165, 1.54) is 29.6 Å².